The Morgan fingerprint density at radius 1 is 1.17 bits per heavy atom. The summed E-state index contributed by atoms with van der Waals surface area (Å²) in [5.41, 5.74) is 6.37. The number of aliphatic carboxylic acids is 1. The van der Waals surface area contributed by atoms with Gasteiger partial charge >= 0.3 is 5.97 Å². The molecule has 7 heteroatoms. The van der Waals surface area contributed by atoms with Gasteiger partial charge in [0, 0.05) is 30.8 Å². The smallest absolute Gasteiger partial charge is 0.326 e. The van der Waals surface area contributed by atoms with Crippen molar-refractivity contribution in [3.05, 3.63) is 29.8 Å². The van der Waals surface area contributed by atoms with E-state index in [9.17, 15) is 14.4 Å². The lowest BCUT2D eigenvalue weighted by atomic mass is 10.1. The molecule has 0 aliphatic heterocycles. The van der Waals surface area contributed by atoms with Gasteiger partial charge in [-0.3, -0.25) is 9.59 Å². The lowest BCUT2D eigenvalue weighted by molar-refractivity contribution is -0.139. The van der Waals surface area contributed by atoms with E-state index in [0.717, 1.165) is 18.8 Å². The van der Waals surface area contributed by atoms with Crippen molar-refractivity contribution in [1.29, 1.82) is 0 Å². The quantitative estimate of drug-likeness (QED) is 0.627. The minimum atomic E-state index is -1.20. The van der Waals surface area contributed by atoms with Crippen LogP contribution in [0.1, 0.15) is 37.0 Å². The summed E-state index contributed by atoms with van der Waals surface area (Å²) >= 11 is 0. The Morgan fingerprint density at radius 2 is 1.74 bits per heavy atom. The fourth-order valence-electron chi connectivity index (χ4n) is 2.20. The maximum absolute atomic E-state index is 12.1. The molecule has 1 rings (SSSR count). The highest BCUT2D eigenvalue weighted by Gasteiger charge is 2.21. The van der Waals surface area contributed by atoms with Gasteiger partial charge in [-0.2, -0.15) is 0 Å². The second-order valence-corrected chi connectivity index (χ2v) is 5.09. The molecule has 0 spiro atoms. The highest BCUT2D eigenvalue weighted by molar-refractivity contribution is 5.97. The van der Waals surface area contributed by atoms with Crippen LogP contribution in [0, 0.1) is 0 Å². The number of amides is 2. The van der Waals surface area contributed by atoms with Crippen LogP contribution in [0.3, 0.4) is 0 Å². The topological polar surface area (TPSA) is 113 Å². The van der Waals surface area contributed by atoms with Gasteiger partial charge in [0.05, 0.1) is 0 Å². The van der Waals surface area contributed by atoms with E-state index in [0.29, 0.717) is 5.56 Å². The first-order valence-corrected chi connectivity index (χ1v) is 7.56. The maximum Gasteiger partial charge on any atom is 0.326 e. The molecular formula is C16H23N3O4. The fourth-order valence-corrected chi connectivity index (χ4v) is 2.20. The van der Waals surface area contributed by atoms with Gasteiger partial charge in [-0.25, -0.2) is 4.79 Å². The summed E-state index contributed by atoms with van der Waals surface area (Å²) in [5, 5.41) is 11.5. The van der Waals surface area contributed by atoms with Gasteiger partial charge in [0.15, 0.2) is 0 Å². The third kappa shape index (κ3) is 5.61. The molecule has 1 aromatic rings. The van der Waals surface area contributed by atoms with Crippen LogP contribution in [0.15, 0.2) is 24.3 Å². The first-order chi connectivity index (χ1) is 10.9. The number of hydrogen-bond donors (Lipinski definition) is 3. The molecule has 1 aromatic carbocycles. The van der Waals surface area contributed by atoms with Crippen molar-refractivity contribution in [2.75, 3.05) is 18.0 Å². The van der Waals surface area contributed by atoms with Crippen LogP contribution in [0.25, 0.3) is 0 Å². The van der Waals surface area contributed by atoms with Crippen LogP contribution in [0.4, 0.5) is 5.69 Å². The number of nitrogens with zero attached hydrogens (tertiary/aromatic N) is 1. The van der Waals surface area contributed by atoms with Gasteiger partial charge in [0.1, 0.15) is 6.04 Å². The van der Waals surface area contributed by atoms with Crippen LogP contribution in [0.2, 0.25) is 0 Å². The van der Waals surface area contributed by atoms with Gasteiger partial charge in [0.2, 0.25) is 5.91 Å². The van der Waals surface area contributed by atoms with Crippen molar-refractivity contribution in [2.45, 2.75) is 32.7 Å². The zero-order valence-corrected chi connectivity index (χ0v) is 13.4. The zero-order valence-electron chi connectivity index (χ0n) is 13.4. The van der Waals surface area contributed by atoms with Gasteiger partial charge in [-0.1, -0.05) is 0 Å². The largest absolute Gasteiger partial charge is 0.480 e. The summed E-state index contributed by atoms with van der Waals surface area (Å²) in [7, 11) is 0. The first kappa shape index (κ1) is 18.5. The second-order valence-electron chi connectivity index (χ2n) is 5.09. The zero-order chi connectivity index (χ0) is 17.4. The van der Waals surface area contributed by atoms with Gasteiger partial charge in [-0.05, 0) is 44.5 Å². The summed E-state index contributed by atoms with van der Waals surface area (Å²) < 4.78 is 0. The molecule has 0 aliphatic carbocycles. The van der Waals surface area contributed by atoms with Crippen molar-refractivity contribution >= 4 is 23.5 Å². The molecule has 0 saturated carbocycles. The number of carboxylic acids is 1. The molecule has 0 heterocycles. The van der Waals surface area contributed by atoms with E-state index >= 15 is 0 Å². The monoisotopic (exact) mass is 321 g/mol. The predicted octanol–water partition coefficient (Wildman–Crippen LogP) is 0.981. The van der Waals surface area contributed by atoms with Crippen molar-refractivity contribution in [3.63, 3.8) is 0 Å². The van der Waals surface area contributed by atoms with E-state index in [1.165, 1.54) is 0 Å². The van der Waals surface area contributed by atoms with Crippen LogP contribution < -0.4 is 16.0 Å². The van der Waals surface area contributed by atoms with E-state index in [-0.39, 0.29) is 12.8 Å². The third-order valence-electron chi connectivity index (χ3n) is 3.54. The van der Waals surface area contributed by atoms with Crippen LogP contribution in [0.5, 0.6) is 0 Å². The molecule has 0 radical (unpaired) electrons. The Kier molecular flexibility index (Phi) is 7.05. The molecule has 126 valence electrons. The number of anilines is 1. The minimum absolute atomic E-state index is 0.0338. The Bertz CT molecular complexity index is 553. The van der Waals surface area contributed by atoms with Crippen molar-refractivity contribution in [2.24, 2.45) is 5.73 Å². The van der Waals surface area contributed by atoms with Gasteiger partial charge in [0.25, 0.3) is 5.91 Å². The molecule has 23 heavy (non-hydrogen) atoms. The fraction of sp³-hybridized carbons (Fsp3) is 0.438. The first-order valence-electron chi connectivity index (χ1n) is 7.56. The maximum atomic E-state index is 12.1. The second kappa shape index (κ2) is 8.77. The highest BCUT2D eigenvalue weighted by atomic mass is 16.4. The Hall–Kier alpha value is -2.57. The van der Waals surface area contributed by atoms with E-state index in [4.69, 9.17) is 10.8 Å². The van der Waals surface area contributed by atoms with Crippen molar-refractivity contribution in [3.8, 4) is 0 Å². The molecule has 0 fully saturated rings. The molecule has 4 N–H and O–H groups in total. The number of carbonyl (C=O) groups is 3. The lowest BCUT2D eigenvalue weighted by Gasteiger charge is -2.21. The number of primary amides is 1. The summed E-state index contributed by atoms with van der Waals surface area (Å²) in [6.45, 7) is 5.80. The van der Waals surface area contributed by atoms with Crippen LogP contribution in [-0.4, -0.2) is 42.0 Å². The average Bonchev–Trinajstić information content (AvgIpc) is 2.52. The predicted molar refractivity (Wildman–Crippen MR) is 87.3 cm³/mol. The molecule has 2 amide bonds. The highest BCUT2D eigenvalue weighted by Crippen LogP contribution is 2.15. The van der Waals surface area contributed by atoms with Crippen LogP contribution >= 0.6 is 0 Å². The van der Waals surface area contributed by atoms with Crippen molar-refractivity contribution < 1.29 is 19.5 Å². The average molecular weight is 321 g/mol. The summed E-state index contributed by atoms with van der Waals surface area (Å²) in [5.74, 6) is -2.29. The van der Waals surface area contributed by atoms with E-state index < -0.39 is 23.8 Å². The van der Waals surface area contributed by atoms with E-state index in [1.54, 1.807) is 12.1 Å². The molecule has 0 unspecified atom stereocenters. The third-order valence-corrected chi connectivity index (χ3v) is 3.54. The SMILES string of the molecule is CCN(CC)c1ccc(C(=O)N[C@@H](CCC(N)=O)C(=O)O)cc1. The number of rotatable bonds is 9. The van der Waals surface area contributed by atoms with E-state index in [2.05, 4.69) is 10.2 Å². The molecule has 7 nitrogen and oxygen atoms in total. The molecule has 0 saturated heterocycles. The normalized spacial score (nSPS) is 11.6. The number of hydrogen-bond acceptors (Lipinski definition) is 4. The van der Waals surface area contributed by atoms with Gasteiger partial charge in [-0.15, -0.1) is 0 Å². The Balaban J connectivity index is 2.75. The molecular weight excluding hydrogens is 298 g/mol. The van der Waals surface area contributed by atoms with Crippen LogP contribution in [-0.2, 0) is 9.59 Å². The number of carbonyl (C=O) groups excluding carboxylic acids is 2. The molecule has 1 atom stereocenters. The minimum Gasteiger partial charge on any atom is -0.480 e. The summed E-state index contributed by atoms with van der Waals surface area (Å²) in [4.78, 5) is 36.1. The Labute approximate surface area is 135 Å². The number of nitrogens with two attached hydrogens (primary N) is 1. The van der Waals surface area contributed by atoms with Gasteiger partial charge < -0.3 is 21.1 Å². The lowest BCUT2D eigenvalue weighted by Crippen LogP contribution is -2.41. The molecule has 0 aliphatic rings. The standard InChI is InChI=1S/C16H23N3O4/c1-3-19(4-2)12-7-5-11(6-8-12)15(21)18-13(16(22)23)9-10-14(17)20/h5-8,13H,3-4,9-10H2,1-2H3,(H2,17,20)(H,18,21)(H,22,23)/t13-/m0/s1. The number of carboxylic acid groups (broad SMARTS) is 1. The summed E-state index contributed by atoms with van der Waals surface area (Å²) in [6.07, 6.45) is -0.133. The van der Waals surface area contributed by atoms with E-state index in [1.807, 2.05) is 26.0 Å². The Morgan fingerprint density at radius 3 is 2.17 bits per heavy atom. The summed E-state index contributed by atoms with van der Waals surface area (Å²) in [6, 6.07) is 5.80. The number of benzene rings is 1. The molecule has 0 aromatic heterocycles. The number of nitrogens with one attached hydrogen (secondary N) is 1. The van der Waals surface area contributed by atoms with Crippen molar-refractivity contribution in [1.82, 2.24) is 5.32 Å². The molecule has 0 bridgehead atoms.